The fourth-order valence-corrected chi connectivity index (χ4v) is 6.05. The third-order valence-electron chi connectivity index (χ3n) is 7.87. The van der Waals surface area contributed by atoms with Crippen molar-refractivity contribution in [1.82, 2.24) is 20.0 Å². The molecule has 2 spiro atoms. The predicted octanol–water partition coefficient (Wildman–Crippen LogP) is 2.32. The van der Waals surface area contributed by atoms with Crippen molar-refractivity contribution in [3.8, 4) is 0 Å². The number of urea groups is 1. The smallest absolute Gasteiger partial charge is 0.317 e. The summed E-state index contributed by atoms with van der Waals surface area (Å²) in [6, 6.07) is 6.16. The summed E-state index contributed by atoms with van der Waals surface area (Å²) in [5.74, 6) is -0.00695. The lowest BCUT2D eigenvalue weighted by molar-refractivity contribution is -0.141. The van der Waals surface area contributed by atoms with E-state index in [1.54, 1.807) is 19.2 Å². The van der Waals surface area contributed by atoms with Crippen molar-refractivity contribution in [2.45, 2.75) is 32.7 Å². The van der Waals surface area contributed by atoms with E-state index < -0.39 is 0 Å². The number of benzene rings is 1. The molecule has 7 nitrogen and oxygen atoms in total. The Bertz CT molecular complexity index is 842. The van der Waals surface area contributed by atoms with Crippen LogP contribution in [0.25, 0.3) is 0 Å². The Balaban J connectivity index is 1.42. The maximum Gasteiger partial charge on any atom is 0.317 e. The van der Waals surface area contributed by atoms with Gasteiger partial charge in [0, 0.05) is 64.9 Å². The van der Waals surface area contributed by atoms with Crippen LogP contribution in [-0.2, 0) is 16.1 Å². The highest BCUT2D eigenvalue weighted by Crippen LogP contribution is 2.57. The Labute approximate surface area is 189 Å². The SMILES string of the molecule is CCN1CCC2(CN(CCOC)CC23CCN(C(=O)NCc2cccc(F)c2)CC3)C1=O. The zero-order chi connectivity index (χ0) is 22.8. The third-order valence-corrected chi connectivity index (χ3v) is 7.87. The minimum Gasteiger partial charge on any atom is -0.383 e. The lowest BCUT2D eigenvalue weighted by Crippen LogP contribution is -2.54. The topological polar surface area (TPSA) is 65.1 Å². The highest BCUT2D eigenvalue weighted by Gasteiger charge is 2.64. The van der Waals surface area contributed by atoms with Gasteiger partial charge in [0.1, 0.15) is 5.82 Å². The van der Waals surface area contributed by atoms with Gasteiger partial charge in [0.15, 0.2) is 0 Å². The third kappa shape index (κ3) is 4.10. The molecule has 3 amide bonds. The number of hydrogen-bond donors (Lipinski definition) is 1. The first-order valence-corrected chi connectivity index (χ1v) is 11.7. The minimum atomic E-state index is -0.346. The number of methoxy groups -OCH3 is 1. The number of hydrogen-bond acceptors (Lipinski definition) is 4. The molecular weight excluding hydrogens is 411 g/mol. The second-order valence-corrected chi connectivity index (χ2v) is 9.48. The molecule has 3 aliphatic rings. The van der Waals surface area contributed by atoms with Crippen molar-refractivity contribution in [2.24, 2.45) is 10.8 Å². The van der Waals surface area contributed by atoms with Crippen molar-refractivity contribution in [3.63, 3.8) is 0 Å². The van der Waals surface area contributed by atoms with Crippen LogP contribution >= 0.6 is 0 Å². The van der Waals surface area contributed by atoms with Gasteiger partial charge < -0.3 is 19.9 Å². The highest BCUT2D eigenvalue weighted by molar-refractivity contribution is 5.87. The van der Waals surface area contributed by atoms with Gasteiger partial charge in [0.05, 0.1) is 12.0 Å². The second kappa shape index (κ2) is 9.35. The quantitative estimate of drug-likeness (QED) is 0.729. The Kier molecular flexibility index (Phi) is 6.72. The summed E-state index contributed by atoms with van der Waals surface area (Å²) in [6.07, 6.45) is 2.55. The summed E-state index contributed by atoms with van der Waals surface area (Å²) >= 11 is 0. The number of halogens is 1. The van der Waals surface area contributed by atoms with Gasteiger partial charge >= 0.3 is 6.03 Å². The Morgan fingerprint density at radius 2 is 1.97 bits per heavy atom. The number of amides is 3. The van der Waals surface area contributed by atoms with Gasteiger partial charge in [-0.2, -0.15) is 0 Å². The summed E-state index contributed by atoms with van der Waals surface area (Å²) in [5, 5.41) is 2.92. The Morgan fingerprint density at radius 1 is 1.19 bits per heavy atom. The van der Waals surface area contributed by atoms with Crippen molar-refractivity contribution < 1.29 is 18.7 Å². The molecule has 0 aromatic heterocycles. The minimum absolute atomic E-state index is 0.0961. The summed E-state index contributed by atoms with van der Waals surface area (Å²) in [7, 11) is 1.71. The Hall–Kier alpha value is -2.19. The van der Waals surface area contributed by atoms with Crippen molar-refractivity contribution in [1.29, 1.82) is 0 Å². The van der Waals surface area contributed by atoms with E-state index in [0.29, 0.717) is 32.1 Å². The van der Waals surface area contributed by atoms with E-state index >= 15 is 0 Å². The average Bonchev–Trinajstić information content (AvgIpc) is 3.28. The van der Waals surface area contributed by atoms with E-state index in [1.807, 2.05) is 16.7 Å². The first-order chi connectivity index (χ1) is 15.4. The number of nitrogens with zero attached hydrogens (tertiary/aromatic N) is 3. The molecule has 0 saturated carbocycles. The van der Waals surface area contributed by atoms with Crippen molar-refractivity contribution in [2.75, 3.05) is 59.5 Å². The monoisotopic (exact) mass is 446 g/mol. The van der Waals surface area contributed by atoms with Gasteiger partial charge in [-0.1, -0.05) is 12.1 Å². The maximum atomic E-state index is 13.5. The molecule has 0 bridgehead atoms. The van der Waals surface area contributed by atoms with Gasteiger partial charge in [0.2, 0.25) is 5.91 Å². The number of ether oxygens (including phenoxy) is 1. The molecule has 8 heteroatoms. The number of rotatable bonds is 6. The maximum absolute atomic E-state index is 13.5. The van der Waals surface area contributed by atoms with Crippen LogP contribution in [0.15, 0.2) is 24.3 Å². The zero-order valence-corrected chi connectivity index (χ0v) is 19.2. The first-order valence-electron chi connectivity index (χ1n) is 11.7. The molecule has 1 unspecified atom stereocenters. The Morgan fingerprint density at radius 3 is 2.62 bits per heavy atom. The average molecular weight is 447 g/mol. The van der Waals surface area contributed by atoms with E-state index in [4.69, 9.17) is 4.74 Å². The number of piperidine rings is 1. The second-order valence-electron chi connectivity index (χ2n) is 9.48. The molecule has 176 valence electrons. The van der Waals surface area contributed by atoms with Crippen molar-refractivity contribution >= 4 is 11.9 Å². The molecule has 3 aliphatic heterocycles. The summed E-state index contributed by atoms with van der Waals surface area (Å²) < 4.78 is 18.7. The molecule has 1 atom stereocenters. The molecule has 32 heavy (non-hydrogen) atoms. The largest absolute Gasteiger partial charge is 0.383 e. The van der Waals surface area contributed by atoms with Gasteiger partial charge in [-0.05, 0) is 43.9 Å². The summed E-state index contributed by atoms with van der Waals surface area (Å²) in [6.45, 7) is 8.36. The number of fused-ring (bicyclic) bond motifs is 1. The van der Waals surface area contributed by atoms with Crippen LogP contribution in [0.3, 0.4) is 0 Å². The molecule has 1 aromatic carbocycles. The van der Waals surface area contributed by atoms with E-state index in [1.165, 1.54) is 12.1 Å². The van der Waals surface area contributed by atoms with Gasteiger partial charge in [-0.25, -0.2) is 9.18 Å². The van der Waals surface area contributed by atoms with E-state index in [-0.39, 0.29) is 22.7 Å². The predicted molar refractivity (Wildman–Crippen MR) is 119 cm³/mol. The molecular formula is C24H35FN4O3. The number of likely N-dealkylation sites (tertiary alicyclic amines) is 3. The van der Waals surface area contributed by atoms with E-state index in [0.717, 1.165) is 57.5 Å². The van der Waals surface area contributed by atoms with Gasteiger partial charge in [0.25, 0.3) is 0 Å². The van der Waals surface area contributed by atoms with Crippen LogP contribution in [0.5, 0.6) is 0 Å². The molecule has 0 radical (unpaired) electrons. The van der Waals surface area contributed by atoms with E-state index in [2.05, 4.69) is 10.2 Å². The molecule has 3 saturated heterocycles. The number of nitrogens with one attached hydrogen (secondary N) is 1. The molecule has 1 N–H and O–H groups in total. The van der Waals surface area contributed by atoms with Gasteiger partial charge in [-0.15, -0.1) is 0 Å². The highest BCUT2D eigenvalue weighted by atomic mass is 19.1. The van der Waals surface area contributed by atoms with Gasteiger partial charge in [-0.3, -0.25) is 9.69 Å². The molecule has 3 heterocycles. The molecule has 3 fully saturated rings. The first kappa shape index (κ1) is 23.0. The fourth-order valence-electron chi connectivity index (χ4n) is 6.05. The normalized spacial score (nSPS) is 25.3. The van der Waals surface area contributed by atoms with Crippen LogP contribution < -0.4 is 5.32 Å². The van der Waals surface area contributed by atoms with Crippen LogP contribution in [0.2, 0.25) is 0 Å². The van der Waals surface area contributed by atoms with E-state index in [9.17, 15) is 14.0 Å². The molecule has 0 aliphatic carbocycles. The zero-order valence-electron chi connectivity index (χ0n) is 19.2. The number of carbonyl (C=O) groups excluding carboxylic acids is 2. The lowest BCUT2D eigenvalue weighted by Gasteiger charge is -2.47. The molecule has 1 aromatic rings. The summed E-state index contributed by atoms with van der Waals surface area (Å²) in [4.78, 5) is 32.5. The standard InChI is InChI=1S/C24H35FN4O3/c1-3-28-12-9-24(21(28)30)18-27(13-14-32-2)17-23(24)7-10-29(11-8-23)22(31)26-16-19-5-4-6-20(25)15-19/h4-6,15H,3,7-14,16-18H2,1-2H3,(H,26,31). The lowest BCUT2D eigenvalue weighted by atomic mass is 9.60. The van der Waals surface area contributed by atoms with Crippen LogP contribution in [-0.4, -0.2) is 86.2 Å². The van der Waals surface area contributed by atoms with Crippen molar-refractivity contribution in [3.05, 3.63) is 35.6 Å². The van der Waals surface area contributed by atoms with Crippen LogP contribution in [0.1, 0.15) is 31.7 Å². The fraction of sp³-hybridized carbons (Fsp3) is 0.667. The molecule has 4 rings (SSSR count). The van der Waals surface area contributed by atoms with Crippen LogP contribution in [0.4, 0.5) is 9.18 Å². The number of carbonyl (C=O) groups is 2. The summed E-state index contributed by atoms with van der Waals surface area (Å²) in [5.41, 5.74) is 0.300. The van der Waals surface area contributed by atoms with Crippen LogP contribution in [0, 0.1) is 16.6 Å².